The van der Waals surface area contributed by atoms with Gasteiger partial charge >= 0.3 is 5.97 Å². The van der Waals surface area contributed by atoms with Crippen molar-refractivity contribution in [3.63, 3.8) is 0 Å². The van der Waals surface area contributed by atoms with Gasteiger partial charge in [0.2, 0.25) is 0 Å². The molecule has 0 saturated heterocycles. The first kappa shape index (κ1) is 16.9. The average Bonchev–Trinajstić information content (AvgIpc) is 3.05. The predicted molar refractivity (Wildman–Crippen MR) is 99.4 cm³/mol. The predicted octanol–water partition coefficient (Wildman–Crippen LogP) is 4.79. The van der Waals surface area contributed by atoms with E-state index < -0.39 is 0 Å². The molecule has 124 valence electrons. The van der Waals surface area contributed by atoms with E-state index in [4.69, 9.17) is 4.74 Å². The van der Waals surface area contributed by atoms with Crippen molar-refractivity contribution in [2.75, 3.05) is 6.61 Å². The average molecular weight is 358 g/mol. The second-order valence-electron chi connectivity index (χ2n) is 5.30. The molecule has 0 amide bonds. The number of ether oxygens (including phenoxy) is 1. The van der Waals surface area contributed by atoms with Crippen LogP contribution in [0.4, 0.5) is 0 Å². The number of thioether (sulfide) groups is 1. The Kier molecular flexibility index (Phi) is 5.48. The number of benzene rings is 1. The summed E-state index contributed by atoms with van der Waals surface area (Å²) in [7, 11) is 0. The first-order valence-corrected chi connectivity index (χ1v) is 9.52. The van der Waals surface area contributed by atoms with Crippen molar-refractivity contribution < 1.29 is 9.53 Å². The van der Waals surface area contributed by atoms with Gasteiger partial charge in [-0.05, 0) is 25.0 Å². The van der Waals surface area contributed by atoms with E-state index in [9.17, 15) is 4.79 Å². The minimum atomic E-state index is -0.297. The third kappa shape index (κ3) is 3.76. The zero-order valence-corrected chi connectivity index (χ0v) is 15.2. The Bertz CT molecular complexity index is 833. The van der Waals surface area contributed by atoms with Crippen LogP contribution in [0.5, 0.6) is 0 Å². The third-order valence-corrected chi connectivity index (χ3v) is 5.61. The Morgan fingerprint density at radius 2 is 2.08 bits per heavy atom. The van der Waals surface area contributed by atoms with Gasteiger partial charge in [0.05, 0.1) is 6.61 Å². The Morgan fingerprint density at radius 3 is 2.83 bits per heavy atom. The molecular formula is C18H18N2O2S2. The Hall–Kier alpha value is -1.92. The van der Waals surface area contributed by atoms with Crippen LogP contribution in [-0.2, 0) is 9.53 Å². The molecule has 0 fully saturated rings. The summed E-state index contributed by atoms with van der Waals surface area (Å²) in [4.78, 5) is 22.8. The van der Waals surface area contributed by atoms with Crippen molar-refractivity contribution in [2.24, 2.45) is 0 Å². The third-order valence-electron chi connectivity index (χ3n) is 3.42. The van der Waals surface area contributed by atoms with Gasteiger partial charge in [-0.1, -0.05) is 49.0 Å². The number of hydrogen-bond donors (Lipinski definition) is 0. The van der Waals surface area contributed by atoms with Gasteiger partial charge < -0.3 is 4.74 Å². The minimum Gasteiger partial charge on any atom is -0.465 e. The van der Waals surface area contributed by atoms with Crippen LogP contribution in [0.1, 0.15) is 20.3 Å². The van der Waals surface area contributed by atoms with Gasteiger partial charge in [0.15, 0.2) is 0 Å². The van der Waals surface area contributed by atoms with Gasteiger partial charge in [-0.3, -0.25) is 4.79 Å². The fourth-order valence-corrected chi connectivity index (χ4v) is 4.17. The van der Waals surface area contributed by atoms with Gasteiger partial charge in [-0.25, -0.2) is 9.97 Å². The zero-order chi connectivity index (χ0) is 16.9. The van der Waals surface area contributed by atoms with Crippen LogP contribution >= 0.6 is 23.1 Å². The molecule has 3 aromatic rings. The largest absolute Gasteiger partial charge is 0.465 e. The molecule has 0 aliphatic rings. The summed E-state index contributed by atoms with van der Waals surface area (Å²) >= 11 is 3.05. The fraction of sp³-hybridized carbons (Fsp3) is 0.278. The molecule has 2 heterocycles. The minimum absolute atomic E-state index is 0.202. The Morgan fingerprint density at radius 1 is 1.29 bits per heavy atom. The number of carbonyl (C=O) groups is 1. The molecule has 0 aliphatic carbocycles. The van der Waals surface area contributed by atoms with Crippen LogP contribution in [0.2, 0.25) is 0 Å². The molecule has 6 heteroatoms. The van der Waals surface area contributed by atoms with E-state index in [1.54, 1.807) is 17.7 Å². The first-order chi connectivity index (χ1) is 11.7. The summed E-state index contributed by atoms with van der Waals surface area (Å²) in [6.07, 6.45) is 2.38. The summed E-state index contributed by atoms with van der Waals surface area (Å²) in [5.74, 6) is -0.202. The van der Waals surface area contributed by atoms with Crippen molar-refractivity contribution in [2.45, 2.75) is 30.5 Å². The molecule has 1 aromatic carbocycles. The van der Waals surface area contributed by atoms with Crippen LogP contribution in [0.25, 0.3) is 20.7 Å². The molecule has 0 unspecified atom stereocenters. The topological polar surface area (TPSA) is 52.1 Å². The highest BCUT2D eigenvalue weighted by atomic mass is 32.2. The summed E-state index contributed by atoms with van der Waals surface area (Å²) in [6.45, 7) is 4.29. The number of rotatable bonds is 6. The maximum absolute atomic E-state index is 12.0. The quantitative estimate of drug-likeness (QED) is 0.360. The SMILES string of the molecule is CCCOC(=O)[C@@H](C)Sc1ncnc2sc(-c3ccccc3)cc12. The number of aromatic nitrogens is 2. The number of esters is 1. The van der Waals surface area contributed by atoms with E-state index in [-0.39, 0.29) is 11.2 Å². The molecule has 24 heavy (non-hydrogen) atoms. The van der Waals surface area contributed by atoms with Gasteiger partial charge in [0, 0.05) is 10.3 Å². The molecule has 4 nitrogen and oxygen atoms in total. The number of fused-ring (bicyclic) bond motifs is 1. The van der Waals surface area contributed by atoms with Crippen LogP contribution < -0.4 is 0 Å². The van der Waals surface area contributed by atoms with Crippen molar-refractivity contribution in [3.8, 4) is 10.4 Å². The Labute approximate surface area is 149 Å². The van der Waals surface area contributed by atoms with Crippen molar-refractivity contribution >= 4 is 39.3 Å². The van der Waals surface area contributed by atoms with Crippen LogP contribution in [0.15, 0.2) is 47.8 Å². The molecule has 1 atom stereocenters. The molecule has 0 saturated carbocycles. The van der Waals surface area contributed by atoms with E-state index in [2.05, 4.69) is 28.2 Å². The maximum atomic E-state index is 12.0. The van der Waals surface area contributed by atoms with Crippen molar-refractivity contribution in [1.82, 2.24) is 9.97 Å². The van der Waals surface area contributed by atoms with Crippen LogP contribution in [0.3, 0.4) is 0 Å². The monoisotopic (exact) mass is 358 g/mol. The highest BCUT2D eigenvalue weighted by Gasteiger charge is 2.19. The molecule has 0 bridgehead atoms. The maximum Gasteiger partial charge on any atom is 0.319 e. The number of carbonyl (C=O) groups excluding carboxylic acids is 1. The number of nitrogens with zero attached hydrogens (tertiary/aromatic N) is 2. The summed E-state index contributed by atoms with van der Waals surface area (Å²) in [5.41, 5.74) is 1.16. The lowest BCUT2D eigenvalue weighted by molar-refractivity contribution is -0.142. The molecule has 0 spiro atoms. The van der Waals surface area contributed by atoms with Gasteiger partial charge in [0.1, 0.15) is 21.4 Å². The molecule has 0 radical (unpaired) electrons. The highest BCUT2D eigenvalue weighted by Crippen LogP contribution is 2.37. The van der Waals surface area contributed by atoms with Gasteiger partial charge in [-0.15, -0.1) is 11.3 Å². The molecular weight excluding hydrogens is 340 g/mol. The van der Waals surface area contributed by atoms with E-state index in [1.807, 2.05) is 32.0 Å². The first-order valence-electron chi connectivity index (χ1n) is 7.82. The van der Waals surface area contributed by atoms with Crippen LogP contribution in [-0.4, -0.2) is 27.8 Å². The smallest absolute Gasteiger partial charge is 0.319 e. The second-order valence-corrected chi connectivity index (χ2v) is 7.66. The fourth-order valence-electron chi connectivity index (χ4n) is 2.21. The lowest BCUT2D eigenvalue weighted by Gasteiger charge is -2.10. The van der Waals surface area contributed by atoms with Crippen molar-refractivity contribution in [3.05, 3.63) is 42.7 Å². The molecule has 2 aromatic heterocycles. The van der Waals surface area contributed by atoms with E-state index >= 15 is 0 Å². The lowest BCUT2D eigenvalue weighted by atomic mass is 10.2. The summed E-state index contributed by atoms with van der Waals surface area (Å²) in [6, 6.07) is 12.3. The number of hydrogen-bond acceptors (Lipinski definition) is 6. The van der Waals surface area contributed by atoms with Crippen LogP contribution in [0, 0.1) is 0 Å². The Balaban J connectivity index is 1.86. The van der Waals surface area contributed by atoms with E-state index in [0.29, 0.717) is 6.61 Å². The molecule has 3 rings (SSSR count). The highest BCUT2D eigenvalue weighted by molar-refractivity contribution is 8.00. The van der Waals surface area contributed by atoms with Gasteiger partial charge in [0.25, 0.3) is 0 Å². The zero-order valence-electron chi connectivity index (χ0n) is 13.6. The van der Waals surface area contributed by atoms with Crippen molar-refractivity contribution in [1.29, 1.82) is 0 Å². The molecule has 0 N–H and O–H groups in total. The van der Waals surface area contributed by atoms with Gasteiger partial charge in [-0.2, -0.15) is 0 Å². The summed E-state index contributed by atoms with van der Waals surface area (Å²) in [5, 5.41) is 1.51. The van der Waals surface area contributed by atoms with E-state index in [1.165, 1.54) is 11.8 Å². The summed E-state index contributed by atoms with van der Waals surface area (Å²) < 4.78 is 5.21. The number of thiophene rings is 1. The normalized spacial score (nSPS) is 12.2. The second kappa shape index (κ2) is 7.77. The standard InChI is InChI=1S/C18H18N2O2S2/c1-3-9-22-18(21)12(2)23-16-14-10-15(13-7-5-4-6-8-13)24-17(14)20-11-19-16/h4-8,10-12H,3,9H2,1-2H3/t12-/m1/s1. The molecule has 0 aliphatic heterocycles. The van der Waals surface area contributed by atoms with E-state index in [0.717, 1.165) is 32.1 Å². The lowest BCUT2D eigenvalue weighted by Crippen LogP contribution is -2.17.